The number of hydrogen-bond donors (Lipinski definition) is 1. The van der Waals surface area contributed by atoms with Crippen molar-refractivity contribution in [3.05, 3.63) is 83.0 Å². The molecule has 0 bridgehead atoms. The van der Waals surface area contributed by atoms with E-state index in [0.717, 1.165) is 11.1 Å². The van der Waals surface area contributed by atoms with E-state index in [2.05, 4.69) is 5.10 Å². The molecule has 0 aliphatic heterocycles. The number of esters is 1. The van der Waals surface area contributed by atoms with Crippen molar-refractivity contribution in [2.75, 3.05) is 0 Å². The fraction of sp³-hybridized carbons (Fsp3) is 0.130. The highest BCUT2D eigenvalue weighted by atomic mass is 35.5. The first-order valence-electron chi connectivity index (χ1n) is 9.59. The molecule has 2 heterocycles. The van der Waals surface area contributed by atoms with Crippen LogP contribution in [-0.2, 0) is 16.1 Å². The number of carbonyl (C=O) groups excluding carboxylic acids is 2. The summed E-state index contributed by atoms with van der Waals surface area (Å²) < 4.78 is 6.95. The first kappa shape index (κ1) is 20.6. The van der Waals surface area contributed by atoms with Gasteiger partial charge in [-0.3, -0.25) is 4.79 Å². The minimum absolute atomic E-state index is 0.263. The van der Waals surface area contributed by atoms with Crippen LogP contribution in [0.2, 0.25) is 5.02 Å². The minimum atomic E-state index is -1.06. The van der Waals surface area contributed by atoms with Gasteiger partial charge in [0.1, 0.15) is 0 Å². The number of fused-ring (bicyclic) bond motifs is 1. The fourth-order valence-electron chi connectivity index (χ4n) is 3.13. The van der Waals surface area contributed by atoms with Crippen molar-refractivity contribution < 1.29 is 14.3 Å². The van der Waals surface area contributed by atoms with Gasteiger partial charge in [0.25, 0.3) is 5.91 Å². The van der Waals surface area contributed by atoms with Crippen LogP contribution in [0.25, 0.3) is 22.3 Å². The lowest BCUT2D eigenvalue weighted by atomic mass is 10.1. The topological polar surface area (TPSA) is 100 Å². The average molecular weight is 435 g/mol. The Labute approximate surface area is 183 Å². The Kier molecular flexibility index (Phi) is 5.68. The summed E-state index contributed by atoms with van der Waals surface area (Å²) in [4.78, 5) is 29.0. The van der Waals surface area contributed by atoms with Crippen molar-refractivity contribution >= 4 is 34.5 Å². The second-order valence-corrected chi connectivity index (χ2v) is 7.47. The summed E-state index contributed by atoms with van der Waals surface area (Å²) in [5.74, 6) is -1.39. The maximum atomic E-state index is 12.9. The van der Waals surface area contributed by atoms with Crippen LogP contribution in [0, 0.1) is 0 Å². The van der Waals surface area contributed by atoms with Gasteiger partial charge in [0, 0.05) is 10.6 Å². The van der Waals surface area contributed by atoms with Crippen molar-refractivity contribution in [3.63, 3.8) is 0 Å². The van der Waals surface area contributed by atoms with E-state index in [9.17, 15) is 9.59 Å². The molecule has 0 saturated heterocycles. The Bertz CT molecular complexity index is 1250. The number of nitrogens with zero attached hydrogens (tertiary/aromatic N) is 3. The molecule has 4 rings (SSSR count). The third-order valence-electron chi connectivity index (χ3n) is 4.83. The zero-order valence-corrected chi connectivity index (χ0v) is 17.4. The summed E-state index contributed by atoms with van der Waals surface area (Å²) in [5, 5.41) is 5.60. The first-order chi connectivity index (χ1) is 14.9. The Balaban J connectivity index is 1.82. The van der Waals surface area contributed by atoms with Gasteiger partial charge in [-0.1, -0.05) is 54.1 Å². The van der Waals surface area contributed by atoms with Crippen molar-refractivity contribution in [2.24, 2.45) is 5.73 Å². The molecular formula is C23H19ClN4O3. The zero-order valence-electron chi connectivity index (χ0n) is 16.7. The van der Waals surface area contributed by atoms with Gasteiger partial charge in [0.15, 0.2) is 11.8 Å². The van der Waals surface area contributed by atoms with E-state index in [-0.39, 0.29) is 5.56 Å². The van der Waals surface area contributed by atoms with E-state index in [1.54, 1.807) is 29.1 Å². The molecule has 0 radical (unpaired) electrons. The number of amides is 1. The van der Waals surface area contributed by atoms with E-state index >= 15 is 0 Å². The number of halogens is 1. The Hall–Kier alpha value is -3.71. The summed E-state index contributed by atoms with van der Waals surface area (Å²) in [6.45, 7) is 1.87. The van der Waals surface area contributed by atoms with Crippen molar-refractivity contribution in [1.82, 2.24) is 14.8 Å². The van der Waals surface area contributed by atoms with Crippen molar-refractivity contribution in [3.8, 4) is 11.3 Å². The van der Waals surface area contributed by atoms with E-state index < -0.39 is 18.0 Å². The molecule has 0 spiro atoms. The number of ether oxygens (including phenoxy) is 1. The molecular weight excluding hydrogens is 416 g/mol. The zero-order chi connectivity index (χ0) is 22.0. The van der Waals surface area contributed by atoms with Crippen LogP contribution in [0.5, 0.6) is 0 Å². The second-order valence-electron chi connectivity index (χ2n) is 7.04. The Morgan fingerprint density at radius 2 is 1.84 bits per heavy atom. The van der Waals surface area contributed by atoms with Crippen LogP contribution in [0.1, 0.15) is 22.8 Å². The van der Waals surface area contributed by atoms with Crippen LogP contribution in [0.15, 0.2) is 66.9 Å². The molecule has 2 N–H and O–H groups in total. The number of hydrogen-bond acceptors (Lipinski definition) is 5. The Morgan fingerprint density at radius 3 is 2.52 bits per heavy atom. The molecule has 31 heavy (non-hydrogen) atoms. The van der Waals surface area contributed by atoms with Crippen LogP contribution in [0.3, 0.4) is 0 Å². The minimum Gasteiger partial charge on any atom is -0.449 e. The van der Waals surface area contributed by atoms with Gasteiger partial charge in [0.05, 0.1) is 29.4 Å². The third-order valence-corrected chi connectivity index (χ3v) is 5.08. The van der Waals surface area contributed by atoms with Crippen LogP contribution >= 0.6 is 11.6 Å². The van der Waals surface area contributed by atoms with Gasteiger partial charge in [-0.15, -0.1) is 0 Å². The Morgan fingerprint density at radius 1 is 1.13 bits per heavy atom. The van der Waals surface area contributed by atoms with Gasteiger partial charge >= 0.3 is 5.97 Å². The summed E-state index contributed by atoms with van der Waals surface area (Å²) in [6, 6.07) is 18.5. The van der Waals surface area contributed by atoms with Crippen molar-refractivity contribution in [1.29, 1.82) is 0 Å². The molecule has 1 unspecified atom stereocenters. The van der Waals surface area contributed by atoms with Gasteiger partial charge < -0.3 is 10.5 Å². The van der Waals surface area contributed by atoms with E-state index in [0.29, 0.717) is 28.3 Å². The number of nitrogens with two attached hydrogens (primary N) is 1. The lowest BCUT2D eigenvalue weighted by Gasteiger charge is -2.12. The predicted octanol–water partition coefficient (Wildman–Crippen LogP) is 3.83. The maximum absolute atomic E-state index is 12.9. The molecule has 7 nitrogen and oxygen atoms in total. The number of aromatic nitrogens is 3. The fourth-order valence-corrected chi connectivity index (χ4v) is 3.26. The standard InChI is InChI=1S/C23H19ClN4O3/c1-14(21(25)29)31-23(30)18-11-20(16-5-3-2-4-6-16)27-22-19(18)12-26-28(22)13-15-7-9-17(24)10-8-15/h2-12,14H,13H2,1H3,(H2,25,29). The molecule has 0 aliphatic rings. The van der Waals surface area contributed by atoms with E-state index in [1.165, 1.54) is 6.92 Å². The lowest BCUT2D eigenvalue weighted by molar-refractivity contribution is -0.125. The first-order valence-corrected chi connectivity index (χ1v) is 9.97. The molecule has 4 aromatic rings. The molecule has 2 aromatic carbocycles. The number of primary amides is 1. The second kappa shape index (κ2) is 8.57. The highest BCUT2D eigenvalue weighted by Gasteiger charge is 2.22. The number of carbonyl (C=O) groups is 2. The number of benzene rings is 2. The van der Waals surface area contributed by atoms with E-state index in [4.69, 9.17) is 27.1 Å². The monoisotopic (exact) mass is 434 g/mol. The van der Waals surface area contributed by atoms with Crippen LogP contribution in [0.4, 0.5) is 0 Å². The van der Waals surface area contributed by atoms with Gasteiger partial charge in [-0.05, 0) is 30.7 Å². The highest BCUT2D eigenvalue weighted by molar-refractivity contribution is 6.30. The van der Waals surface area contributed by atoms with E-state index in [1.807, 2.05) is 42.5 Å². The van der Waals surface area contributed by atoms with Crippen molar-refractivity contribution in [2.45, 2.75) is 19.6 Å². The lowest BCUT2D eigenvalue weighted by Crippen LogP contribution is -2.30. The molecule has 0 aliphatic carbocycles. The van der Waals surface area contributed by atoms with Crippen LogP contribution < -0.4 is 5.73 Å². The molecule has 156 valence electrons. The highest BCUT2D eigenvalue weighted by Crippen LogP contribution is 2.26. The molecule has 0 fully saturated rings. The molecule has 8 heteroatoms. The SMILES string of the molecule is CC(OC(=O)c1cc(-c2ccccc2)nc2c1cnn2Cc1ccc(Cl)cc1)C(N)=O. The number of rotatable bonds is 6. The smallest absolute Gasteiger partial charge is 0.339 e. The predicted molar refractivity (Wildman–Crippen MR) is 118 cm³/mol. The maximum Gasteiger partial charge on any atom is 0.339 e. The molecule has 1 atom stereocenters. The largest absolute Gasteiger partial charge is 0.449 e. The summed E-state index contributed by atoms with van der Waals surface area (Å²) in [6.07, 6.45) is 0.512. The van der Waals surface area contributed by atoms with Gasteiger partial charge in [-0.25, -0.2) is 14.5 Å². The molecule has 0 saturated carbocycles. The summed E-state index contributed by atoms with van der Waals surface area (Å²) in [7, 11) is 0. The third kappa shape index (κ3) is 4.41. The van der Waals surface area contributed by atoms with Crippen LogP contribution in [-0.4, -0.2) is 32.7 Å². The molecule has 2 aromatic heterocycles. The average Bonchev–Trinajstić information content (AvgIpc) is 3.17. The van der Waals surface area contributed by atoms with Gasteiger partial charge in [0.2, 0.25) is 0 Å². The van der Waals surface area contributed by atoms with Gasteiger partial charge in [-0.2, -0.15) is 5.10 Å². The summed E-state index contributed by atoms with van der Waals surface area (Å²) >= 11 is 5.98. The number of pyridine rings is 1. The molecule has 1 amide bonds. The normalized spacial score (nSPS) is 11.9. The quantitative estimate of drug-likeness (QED) is 0.465. The summed E-state index contributed by atoms with van der Waals surface area (Å²) in [5.41, 5.74) is 8.43.